The van der Waals surface area contributed by atoms with Crippen molar-refractivity contribution in [3.8, 4) is 0 Å². The van der Waals surface area contributed by atoms with Crippen molar-refractivity contribution in [2.24, 2.45) is 0 Å². The lowest BCUT2D eigenvalue weighted by atomic mass is 10.4. The average molecular weight is 206 g/mol. The maximum atomic E-state index is 10.6. The third-order valence-electron chi connectivity index (χ3n) is 0.966. The molecule has 0 aliphatic heterocycles. The van der Waals surface area contributed by atoms with Crippen LogP contribution in [0.25, 0.3) is 0 Å². The zero-order valence-electron chi connectivity index (χ0n) is 5.44. The van der Waals surface area contributed by atoms with Gasteiger partial charge in [0.15, 0.2) is 0 Å². The summed E-state index contributed by atoms with van der Waals surface area (Å²) in [5.74, 6) is -2.76. The van der Waals surface area contributed by atoms with Crippen molar-refractivity contribution in [1.82, 2.24) is 0 Å². The Morgan fingerprint density at radius 1 is 1.00 bits per heavy atom. The van der Waals surface area contributed by atoms with Crippen LogP contribution in [0.2, 0.25) is 0 Å². The third-order valence-corrected chi connectivity index (χ3v) is 3.09. The molecule has 5 nitrogen and oxygen atoms in total. The number of carboxylic acid groups (broad SMARTS) is 2. The van der Waals surface area contributed by atoms with Crippen LogP contribution in [0.4, 0.5) is 0 Å². The van der Waals surface area contributed by atoms with Crippen LogP contribution in [-0.4, -0.2) is 22.2 Å². The molecule has 2 N–H and O–H groups in total. The first-order valence-corrected chi connectivity index (χ1v) is 4.26. The zero-order valence-corrected chi connectivity index (χ0v) is 7.07. The third kappa shape index (κ3) is 1.51. The summed E-state index contributed by atoms with van der Waals surface area (Å²) in [5, 5.41) is 16.9. The van der Waals surface area contributed by atoms with Crippen LogP contribution in [0, 0.1) is 0 Å². The highest BCUT2D eigenvalue weighted by atomic mass is 32.2. The van der Waals surface area contributed by atoms with Crippen LogP contribution in [0.1, 0.15) is 19.3 Å². The zero-order chi connectivity index (χ0) is 9.30. The largest absolute Gasteiger partial charge is 0.477 e. The second-order valence-electron chi connectivity index (χ2n) is 1.72. The Morgan fingerprint density at radius 3 is 1.58 bits per heavy atom. The van der Waals surface area contributed by atoms with Gasteiger partial charge in [0.1, 0.15) is 9.75 Å². The van der Waals surface area contributed by atoms with E-state index in [9.17, 15) is 14.4 Å². The smallest absolute Gasteiger partial charge is 0.347 e. The quantitative estimate of drug-likeness (QED) is 0.737. The van der Waals surface area contributed by atoms with Crippen molar-refractivity contribution in [2.75, 3.05) is 0 Å². The van der Waals surface area contributed by atoms with E-state index in [1.165, 1.54) is 0 Å². The van der Waals surface area contributed by atoms with Crippen LogP contribution < -0.4 is 4.06 Å². The monoisotopic (exact) mass is 206 g/mol. The molecule has 0 bridgehead atoms. The minimum Gasteiger partial charge on any atom is -0.477 e. The van der Waals surface area contributed by atoms with Crippen molar-refractivity contribution >= 4 is 34.6 Å². The van der Waals surface area contributed by atoms with Crippen molar-refractivity contribution in [2.45, 2.75) is 0 Å². The molecule has 7 heteroatoms. The fraction of sp³-hybridized carbons (Fsp3) is 0. The molecule has 0 aliphatic rings. The minimum atomic E-state index is -1.38. The lowest BCUT2D eigenvalue weighted by molar-refractivity contribution is 0.0660. The predicted molar refractivity (Wildman–Crippen MR) is 42.4 cm³/mol. The molecule has 0 spiro atoms. The summed E-state index contributed by atoms with van der Waals surface area (Å²) in [7, 11) is 0. The molecule has 1 heterocycles. The highest BCUT2D eigenvalue weighted by molar-refractivity contribution is 7.29. The van der Waals surface area contributed by atoms with Gasteiger partial charge in [0.05, 0.1) is 0 Å². The summed E-state index contributed by atoms with van der Waals surface area (Å²) in [4.78, 5) is 30.5. The molecule has 64 valence electrons. The van der Waals surface area contributed by atoms with Gasteiger partial charge >= 0.3 is 11.9 Å². The summed E-state index contributed by atoms with van der Waals surface area (Å²) in [6, 6.07) is 0. The van der Waals surface area contributed by atoms with Crippen molar-refractivity contribution in [3.63, 3.8) is 0 Å². The highest BCUT2D eigenvalue weighted by Gasteiger charge is 2.20. The molecule has 1 rings (SSSR count). The highest BCUT2D eigenvalue weighted by Crippen LogP contribution is 2.16. The summed E-state index contributed by atoms with van der Waals surface area (Å²) in [6.07, 6.45) is 0. The Kier molecular flexibility index (Phi) is 2.25. The normalized spacial score (nSPS) is 9.67. The standard InChI is InChI=1S/C5H2O5S2/c6-3(7)1-2(4(8)9)12-5(10)11-1/h(H,6,7)(H,8,9). The molecule has 0 saturated carbocycles. The molecule has 1 aromatic rings. The molecule has 0 saturated heterocycles. The fourth-order valence-electron chi connectivity index (χ4n) is 0.562. The van der Waals surface area contributed by atoms with Crippen LogP contribution in [0.15, 0.2) is 4.79 Å². The molecule has 0 fully saturated rings. The maximum Gasteiger partial charge on any atom is 0.347 e. The first-order chi connectivity index (χ1) is 5.52. The van der Waals surface area contributed by atoms with Gasteiger partial charge in [0.25, 0.3) is 4.06 Å². The van der Waals surface area contributed by atoms with Crippen molar-refractivity contribution < 1.29 is 19.8 Å². The van der Waals surface area contributed by atoms with Gasteiger partial charge in [-0.2, -0.15) is 0 Å². The first kappa shape index (κ1) is 8.88. The molecular weight excluding hydrogens is 204 g/mol. The molecule has 0 amide bonds. The van der Waals surface area contributed by atoms with Gasteiger partial charge in [-0.1, -0.05) is 22.7 Å². The number of carbonyl (C=O) groups is 2. The molecule has 0 unspecified atom stereocenters. The van der Waals surface area contributed by atoms with E-state index in [0.717, 1.165) is 0 Å². The van der Waals surface area contributed by atoms with Crippen molar-refractivity contribution in [3.05, 3.63) is 18.6 Å². The van der Waals surface area contributed by atoms with E-state index in [1.54, 1.807) is 0 Å². The van der Waals surface area contributed by atoms with Crippen LogP contribution in [0.5, 0.6) is 0 Å². The van der Waals surface area contributed by atoms with E-state index in [4.69, 9.17) is 10.2 Å². The van der Waals surface area contributed by atoms with Gasteiger partial charge in [-0.25, -0.2) is 9.59 Å². The summed E-state index contributed by atoms with van der Waals surface area (Å²) < 4.78 is -0.523. The van der Waals surface area contributed by atoms with E-state index >= 15 is 0 Å². The van der Waals surface area contributed by atoms with Gasteiger partial charge in [-0.15, -0.1) is 0 Å². The van der Waals surface area contributed by atoms with E-state index in [-0.39, 0.29) is 0 Å². The lowest BCUT2D eigenvalue weighted by Gasteiger charge is -1.88. The van der Waals surface area contributed by atoms with E-state index in [0.29, 0.717) is 22.7 Å². The second kappa shape index (κ2) is 3.03. The second-order valence-corrected chi connectivity index (χ2v) is 3.95. The average Bonchev–Trinajstić information content (AvgIpc) is 2.31. The molecule has 0 atom stereocenters. The molecule has 0 aromatic carbocycles. The molecular formula is C5H2O5S2. The summed E-state index contributed by atoms with van der Waals surface area (Å²) in [5.41, 5.74) is 0. The Hall–Kier alpha value is -1.21. The van der Waals surface area contributed by atoms with Gasteiger partial charge in [0, 0.05) is 0 Å². The minimum absolute atomic E-state index is 0.405. The van der Waals surface area contributed by atoms with Gasteiger partial charge in [-0.05, 0) is 0 Å². The SMILES string of the molecule is O=C(O)c1sc(=O)sc1C(=O)O. The Balaban J connectivity index is 3.36. The summed E-state index contributed by atoms with van der Waals surface area (Å²) in [6.45, 7) is 0. The number of aromatic carboxylic acids is 2. The van der Waals surface area contributed by atoms with Crippen LogP contribution in [0.3, 0.4) is 0 Å². The van der Waals surface area contributed by atoms with Crippen molar-refractivity contribution in [1.29, 1.82) is 0 Å². The molecule has 0 aliphatic carbocycles. The van der Waals surface area contributed by atoms with E-state index in [1.807, 2.05) is 0 Å². The fourth-order valence-corrected chi connectivity index (χ4v) is 2.35. The number of hydrogen-bond acceptors (Lipinski definition) is 5. The Labute approximate surface area is 73.5 Å². The van der Waals surface area contributed by atoms with Gasteiger partial charge < -0.3 is 10.2 Å². The van der Waals surface area contributed by atoms with Crippen LogP contribution >= 0.6 is 22.7 Å². The van der Waals surface area contributed by atoms with Crippen LogP contribution in [-0.2, 0) is 0 Å². The number of rotatable bonds is 2. The molecule has 12 heavy (non-hydrogen) atoms. The van der Waals surface area contributed by atoms with Gasteiger partial charge in [0.2, 0.25) is 0 Å². The predicted octanol–water partition coefficient (Wildman–Crippen LogP) is 0.566. The molecule has 0 radical (unpaired) electrons. The van der Waals surface area contributed by atoms with E-state index < -0.39 is 25.7 Å². The number of hydrogen-bond donors (Lipinski definition) is 2. The Morgan fingerprint density at radius 2 is 1.33 bits per heavy atom. The number of carboxylic acids is 2. The first-order valence-electron chi connectivity index (χ1n) is 2.63. The topological polar surface area (TPSA) is 91.7 Å². The molecule has 1 aromatic heterocycles. The Bertz CT molecular complexity index is 352. The van der Waals surface area contributed by atoms with E-state index in [2.05, 4.69) is 0 Å². The maximum absolute atomic E-state index is 10.6. The van der Waals surface area contributed by atoms with Gasteiger partial charge in [-0.3, -0.25) is 4.79 Å². The summed E-state index contributed by atoms with van der Waals surface area (Å²) >= 11 is 0.867. The lowest BCUT2D eigenvalue weighted by Crippen LogP contribution is -2.01.